The van der Waals surface area contributed by atoms with E-state index in [1.54, 1.807) is 65.5 Å². The van der Waals surface area contributed by atoms with Crippen LogP contribution in [0.2, 0.25) is 5.02 Å². The number of benzene rings is 2. The number of nitriles is 1. The Kier molecular flexibility index (Phi) is 5.74. The first-order chi connectivity index (χ1) is 15.0. The van der Waals surface area contributed by atoms with Crippen molar-refractivity contribution >= 4 is 17.5 Å². The van der Waals surface area contributed by atoms with E-state index in [4.69, 9.17) is 16.9 Å². The average molecular weight is 432 g/mol. The summed E-state index contributed by atoms with van der Waals surface area (Å²) in [5.74, 6) is -0.834. The van der Waals surface area contributed by atoms with Gasteiger partial charge in [0.25, 0.3) is 5.91 Å². The summed E-state index contributed by atoms with van der Waals surface area (Å²) in [6, 6.07) is 18.5. The highest BCUT2D eigenvalue weighted by Gasteiger charge is 2.11. The SMILES string of the molecule is N#Cc1ccc(-c2ccn(-c3ccc(CNC(=O)c4ccccn4)c(F)c3)n2)cc1Cl. The smallest absolute Gasteiger partial charge is 0.270 e. The lowest BCUT2D eigenvalue weighted by atomic mass is 10.1. The molecule has 0 aliphatic heterocycles. The maximum absolute atomic E-state index is 14.6. The van der Waals surface area contributed by atoms with E-state index in [1.807, 2.05) is 6.07 Å². The third-order valence-electron chi connectivity index (χ3n) is 4.61. The van der Waals surface area contributed by atoms with Crippen LogP contribution in [0.3, 0.4) is 0 Å². The second-order valence-electron chi connectivity index (χ2n) is 6.63. The zero-order valence-electron chi connectivity index (χ0n) is 16.1. The molecule has 0 radical (unpaired) electrons. The Hall–Kier alpha value is -4.02. The average Bonchev–Trinajstić information content (AvgIpc) is 3.29. The van der Waals surface area contributed by atoms with Crippen molar-refractivity contribution in [3.63, 3.8) is 0 Å². The first-order valence-electron chi connectivity index (χ1n) is 9.29. The summed E-state index contributed by atoms with van der Waals surface area (Å²) < 4.78 is 16.1. The first-order valence-corrected chi connectivity index (χ1v) is 9.66. The zero-order chi connectivity index (χ0) is 21.8. The third kappa shape index (κ3) is 4.44. The second-order valence-corrected chi connectivity index (χ2v) is 7.03. The molecule has 0 aliphatic rings. The van der Waals surface area contributed by atoms with Gasteiger partial charge in [0.05, 0.1) is 22.0 Å². The highest BCUT2D eigenvalue weighted by molar-refractivity contribution is 6.32. The lowest BCUT2D eigenvalue weighted by Crippen LogP contribution is -2.24. The minimum Gasteiger partial charge on any atom is -0.347 e. The summed E-state index contributed by atoms with van der Waals surface area (Å²) in [6.07, 6.45) is 3.23. The molecular formula is C23H15ClFN5O. The molecule has 0 saturated heterocycles. The quantitative estimate of drug-likeness (QED) is 0.503. The van der Waals surface area contributed by atoms with Crippen LogP contribution in [0.1, 0.15) is 21.6 Å². The molecule has 4 rings (SSSR count). The summed E-state index contributed by atoms with van der Waals surface area (Å²) in [6.45, 7) is 0.0373. The van der Waals surface area contributed by atoms with Gasteiger partial charge in [0, 0.05) is 30.1 Å². The van der Waals surface area contributed by atoms with Crippen molar-refractivity contribution < 1.29 is 9.18 Å². The van der Waals surface area contributed by atoms with Crippen LogP contribution in [-0.4, -0.2) is 20.7 Å². The molecule has 2 aromatic heterocycles. The molecule has 0 unspecified atom stereocenters. The topological polar surface area (TPSA) is 83.6 Å². The van der Waals surface area contributed by atoms with Gasteiger partial charge in [0.1, 0.15) is 17.6 Å². The van der Waals surface area contributed by atoms with Crippen molar-refractivity contribution in [3.8, 4) is 23.0 Å². The predicted molar refractivity (Wildman–Crippen MR) is 114 cm³/mol. The molecule has 0 spiro atoms. The number of nitrogens with one attached hydrogen (secondary N) is 1. The van der Waals surface area contributed by atoms with E-state index in [0.29, 0.717) is 27.5 Å². The largest absolute Gasteiger partial charge is 0.347 e. The van der Waals surface area contributed by atoms with Gasteiger partial charge in [-0.2, -0.15) is 10.4 Å². The van der Waals surface area contributed by atoms with Crippen LogP contribution in [0.15, 0.2) is 73.1 Å². The Labute approximate surface area is 182 Å². The number of hydrogen-bond donors (Lipinski definition) is 1. The van der Waals surface area contributed by atoms with Crippen LogP contribution in [0.4, 0.5) is 4.39 Å². The van der Waals surface area contributed by atoms with E-state index in [1.165, 1.54) is 12.3 Å². The highest BCUT2D eigenvalue weighted by Crippen LogP contribution is 2.25. The minimum atomic E-state index is -0.461. The molecular weight excluding hydrogens is 417 g/mol. The fourth-order valence-corrected chi connectivity index (χ4v) is 3.19. The molecule has 31 heavy (non-hydrogen) atoms. The second kappa shape index (κ2) is 8.78. The molecule has 6 nitrogen and oxygen atoms in total. The number of hydrogen-bond acceptors (Lipinski definition) is 4. The van der Waals surface area contributed by atoms with Crippen molar-refractivity contribution in [3.05, 3.63) is 101 Å². The van der Waals surface area contributed by atoms with E-state index in [9.17, 15) is 9.18 Å². The predicted octanol–water partition coefficient (Wildman–Crippen LogP) is 4.53. The maximum Gasteiger partial charge on any atom is 0.270 e. The molecule has 1 N–H and O–H groups in total. The maximum atomic E-state index is 14.6. The standard InChI is InChI=1S/C23H15ClFN5O/c24-19-11-15(4-5-16(19)13-26)21-8-10-30(29-21)18-7-6-17(20(25)12-18)14-28-23(31)22-3-1-2-9-27-22/h1-12H,14H2,(H,28,31). The van der Waals surface area contributed by atoms with E-state index in [0.717, 1.165) is 5.56 Å². The van der Waals surface area contributed by atoms with Gasteiger partial charge in [-0.3, -0.25) is 9.78 Å². The van der Waals surface area contributed by atoms with Gasteiger partial charge in [0.2, 0.25) is 0 Å². The monoisotopic (exact) mass is 431 g/mol. The number of carbonyl (C=O) groups excluding carboxylic acids is 1. The Balaban J connectivity index is 1.49. The molecule has 0 saturated carbocycles. The Morgan fingerprint density at radius 3 is 2.74 bits per heavy atom. The molecule has 0 bridgehead atoms. The summed E-state index contributed by atoms with van der Waals surface area (Å²) in [5, 5.41) is 16.5. The Morgan fingerprint density at radius 2 is 2.03 bits per heavy atom. The summed E-state index contributed by atoms with van der Waals surface area (Å²) in [4.78, 5) is 16.1. The molecule has 2 heterocycles. The molecule has 8 heteroatoms. The van der Waals surface area contributed by atoms with Gasteiger partial charge in [-0.15, -0.1) is 0 Å². The van der Waals surface area contributed by atoms with Crippen LogP contribution in [-0.2, 0) is 6.54 Å². The van der Waals surface area contributed by atoms with Crippen LogP contribution in [0.25, 0.3) is 16.9 Å². The van der Waals surface area contributed by atoms with Crippen LogP contribution in [0, 0.1) is 17.1 Å². The normalized spacial score (nSPS) is 10.5. The number of nitrogens with zero attached hydrogens (tertiary/aromatic N) is 4. The molecule has 152 valence electrons. The van der Waals surface area contributed by atoms with Crippen molar-refractivity contribution in [2.24, 2.45) is 0 Å². The highest BCUT2D eigenvalue weighted by atomic mass is 35.5. The first kappa shape index (κ1) is 20.3. The Morgan fingerprint density at radius 1 is 1.16 bits per heavy atom. The number of carbonyl (C=O) groups is 1. The van der Waals surface area contributed by atoms with E-state index < -0.39 is 5.82 Å². The Bertz CT molecular complexity index is 1300. The van der Waals surface area contributed by atoms with Crippen LogP contribution >= 0.6 is 11.6 Å². The number of aromatic nitrogens is 3. The van der Waals surface area contributed by atoms with E-state index in [2.05, 4.69) is 15.4 Å². The number of amides is 1. The van der Waals surface area contributed by atoms with Gasteiger partial charge in [-0.25, -0.2) is 9.07 Å². The van der Waals surface area contributed by atoms with Crippen LogP contribution in [0.5, 0.6) is 0 Å². The minimum absolute atomic E-state index is 0.0373. The van der Waals surface area contributed by atoms with Gasteiger partial charge in [-0.05, 0) is 42.5 Å². The van der Waals surface area contributed by atoms with Gasteiger partial charge in [-0.1, -0.05) is 29.8 Å². The van der Waals surface area contributed by atoms with E-state index >= 15 is 0 Å². The fraction of sp³-hybridized carbons (Fsp3) is 0.0435. The molecule has 4 aromatic rings. The van der Waals surface area contributed by atoms with Gasteiger partial charge >= 0.3 is 0 Å². The summed E-state index contributed by atoms with van der Waals surface area (Å²) >= 11 is 6.09. The van der Waals surface area contributed by atoms with Crippen molar-refractivity contribution in [1.29, 1.82) is 5.26 Å². The summed E-state index contributed by atoms with van der Waals surface area (Å²) in [7, 11) is 0. The molecule has 0 fully saturated rings. The summed E-state index contributed by atoms with van der Waals surface area (Å²) in [5.41, 5.74) is 2.92. The van der Waals surface area contributed by atoms with Gasteiger partial charge in [0.15, 0.2) is 0 Å². The molecule has 0 atom stereocenters. The number of halogens is 2. The molecule has 0 aliphatic carbocycles. The lowest BCUT2D eigenvalue weighted by molar-refractivity contribution is 0.0945. The van der Waals surface area contributed by atoms with Crippen molar-refractivity contribution in [2.75, 3.05) is 0 Å². The molecule has 1 amide bonds. The van der Waals surface area contributed by atoms with Crippen LogP contribution < -0.4 is 5.32 Å². The zero-order valence-corrected chi connectivity index (χ0v) is 16.8. The van der Waals surface area contributed by atoms with E-state index in [-0.39, 0.29) is 18.1 Å². The van der Waals surface area contributed by atoms with Crippen molar-refractivity contribution in [2.45, 2.75) is 6.54 Å². The third-order valence-corrected chi connectivity index (χ3v) is 4.93. The number of pyridine rings is 1. The fourth-order valence-electron chi connectivity index (χ4n) is 2.97. The lowest BCUT2D eigenvalue weighted by Gasteiger charge is -2.08. The molecule has 2 aromatic carbocycles. The van der Waals surface area contributed by atoms with Gasteiger partial charge < -0.3 is 5.32 Å². The number of rotatable bonds is 5. The van der Waals surface area contributed by atoms with Crippen molar-refractivity contribution in [1.82, 2.24) is 20.1 Å².